The minimum atomic E-state index is -0.845. The molecular weight excluding hydrogens is 909 g/mol. The summed E-state index contributed by atoms with van der Waals surface area (Å²) in [5, 5.41) is 20.0. The first-order chi connectivity index (χ1) is 34.2. The van der Waals surface area contributed by atoms with Crippen LogP contribution in [-0.4, -0.2) is 173 Å². The fraction of sp³-hybridized carbons (Fsp3) is 0.569. The summed E-state index contributed by atoms with van der Waals surface area (Å²) >= 11 is 0. The zero-order chi connectivity index (χ0) is 50.0. The van der Waals surface area contributed by atoms with E-state index in [4.69, 9.17) is 47.4 Å². The third-order valence-corrected chi connectivity index (χ3v) is 10.7. The molecule has 0 radical (unpaired) electrons. The van der Waals surface area contributed by atoms with Gasteiger partial charge >= 0.3 is 6.09 Å². The molecule has 5 N–H and O–H groups in total. The zero-order valence-corrected chi connectivity index (χ0v) is 41.0. The molecule has 0 saturated carbocycles. The van der Waals surface area contributed by atoms with Gasteiger partial charge in [-0.15, -0.1) is 0 Å². The van der Waals surface area contributed by atoms with Crippen LogP contribution in [0.3, 0.4) is 0 Å². The van der Waals surface area contributed by atoms with Gasteiger partial charge in [0.25, 0.3) is 0 Å². The third-order valence-electron chi connectivity index (χ3n) is 10.7. The summed E-state index contributed by atoms with van der Waals surface area (Å²) in [6.45, 7) is 12.8. The molecule has 19 heteroatoms. The first kappa shape index (κ1) is 57.5. The largest absolute Gasteiger partial charge is 0.449 e. The highest BCUT2D eigenvalue weighted by molar-refractivity contribution is 5.98. The number of nitrogens with one attached hydrogen (secondary N) is 4. The van der Waals surface area contributed by atoms with E-state index >= 15 is 0 Å². The number of hydrogen-bond acceptors (Lipinski definition) is 15. The van der Waals surface area contributed by atoms with Crippen LogP contribution in [0.25, 0.3) is 11.1 Å². The van der Waals surface area contributed by atoms with Crippen LogP contribution in [0.4, 0.5) is 10.5 Å². The molecule has 0 saturated heterocycles. The predicted octanol–water partition coefficient (Wildman–Crippen LogP) is 3.84. The van der Waals surface area contributed by atoms with E-state index in [1.165, 1.54) is 22.3 Å². The lowest BCUT2D eigenvalue weighted by Crippen LogP contribution is -2.53. The van der Waals surface area contributed by atoms with Crippen molar-refractivity contribution in [1.29, 1.82) is 0 Å². The highest BCUT2D eigenvalue weighted by Crippen LogP contribution is 2.44. The Morgan fingerprint density at radius 2 is 0.957 bits per heavy atom. The van der Waals surface area contributed by atoms with Crippen LogP contribution in [0.2, 0.25) is 0 Å². The van der Waals surface area contributed by atoms with Crippen molar-refractivity contribution < 1.29 is 71.7 Å². The van der Waals surface area contributed by atoms with Crippen LogP contribution in [-0.2, 0) is 68.4 Å². The van der Waals surface area contributed by atoms with Gasteiger partial charge < -0.3 is 73.7 Å². The highest BCUT2D eigenvalue weighted by Gasteiger charge is 2.29. The molecule has 1 aliphatic rings. The molecule has 3 aromatic carbocycles. The van der Waals surface area contributed by atoms with Gasteiger partial charge in [0.05, 0.1) is 126 Å². The van der Waals surface area contributed by atoms with Crippen LogP contribution in [0, 0.1) is 5.92 Å². The molecular formula is C51H74N4O15. The Kier molecular flexibility index (Phi) is 28.8. The number of benzene rings is 3. The van der Waals surface area contributed by atoms with Gasteiger partial charge in [0, 0.05) is 24.6 Å². The molecule has 0 bridgehead atoms. The van der Waals surface area contributed by atoms with Crippen LogP contribution in [0.1, 0.15) is 49.8 Å². The minimum Gasteiger partial charge on any atom is -0.449 e. The molecule has 0 heterocycles. The van der Waals surface area contributed by atoms with Gasteiger partial charge in [0.15, 0.2) is 0 Å². The summed E-state index contributed by atoms with van der Waals surface area (Å²) in [5.41, 5.74) is 5.98. The topological polar surface area (TPSA) is 229 Å². The lowest BCUT2D eigenvalue weighted by molar-refractivity contribution is -0.132. The Labute approximate surface area is 411 Å². The first-order valence-corrected chi connectivity index (χ1v) is 24.1. The molecule has 4 rings (SSSR count). The Hall–Kier alpha value is -5.06. The molecule has 2 atom stereocenters. The number of rotatable bonds is 39. The Morgan fingerprint density at radius 3 is 1.40 bits per heavy atom. The lowest BCUT2D eigenvalue weighted by Gasteiger charge is -2.24. The molecule has 70 heavy (non-hydrogen) atoms. The Bertz CT molecular complexity index is 1890. The highest BCUT2D eigenvalue weighted by atomic mass is 16.6. The van der Waals surface area contributed by atoms with Crippen molar-refractivity contribution in [2.75, 3.05) is 137 Å². The zero-order valence-electron chi connectivity index (χ0n) is 41.0. The number of amides is 4. The number of fused-ring (bicyclic) bond motifs is 3. The molecule has 1 aliphatic carbocycles. The average Bonchev–Trinajstić information content (AvgIpc) is 3.68. The summed E-state index contributed by atoms with van der Waals surface area (Å²) in [6, 6.07) is 21.5. The van der Waals surface area contributed by atoms with Crippen LogP contribution in [0.5, 0.6) is 0 Å². The van der Waals surface area contributed by atoms with Gasteiger partial charge in [0.1, 0.15) is 18.7 Å². The smallest absolute Gasteiger partial charge is 0.407 e. The summed E-state index contributed by atoms with van der Waals surface area (Å²) in [5.74, 6) is -1.42. The van der Waals surface area contributed by atoms with Gasteiger partial charge in [-0.3, -0.25) is 14.4 Å². The minimum absolute atomic E-state index is 0.0221. The quantitative estimate of drug-likeness (QED) is 0.0512. The van der Waals surface area contributed by atoms with E-state index in [1.54, 1.807) is 45.0 Å². The van der Waals surface area contributed by atoms with Crippen molar-refractivity contribution in [1.82, 2.24) is 16.0 Å². The number of ether oxygens (including phenoxy) is 10. The number of aliphatic hydroxyl groups is 1. The molecule has 19 nitrogen and oxygen atoms in total. The Balaban J connectivity index is 0.819. The number of aliphatic hydroxyl groups excluding tert-OH is 1. The second-order valence-electron chi connectivity index (χ2n) is 16.4. The maximum absolute atomic E-state index is 12.9. The number of carbonyl (C=O) groups excluding carboxylic acids is 4. The van der Waals surface area contributed by atoms with Gasteiger partial charge in [-0.2, -0.15) is 0 Å². The van der Waals surface area contributed by atoms with E-state index < -0.39 is 30.0 Å². The maximum atomic E-state index is 12.9. The first-order valence-electron chi connectivity index (χ1n) is 24.1. The Morgan fingerprint density at radius 1 is 0.529 bits per heavy atom. The summed E-state index contributed by atoms with van der Waals surface area (Å²) in [6.07, 6.45) is -0.407. The number of alkyl carbamates (subject to hydrolysis) is 1. The van der Waals surface area contributed by atoms with Gasteiger partial charge in [-0.1, -0.05) is 74.5 Å². The molecule has 388 valence electrons. The van der Waals surface area contributed by atoms with Crippen molar-refractivity contribution in [2.45, 2.75) is 51.8 Å². The van der Waals surface area contributed by atoms with Crippen LogP contribution < -0.4 is 21.3 Å². The normalized spacial score (nSPS) is 12.8. The molecule has 4 amide bonds. The van der Waals surface area contributed by atoms with E-state index in [0.717, 1.165) is 0 Å². The lowest BCUT2D eigenvalue weighted by atomic mass is 9.98. The molecule has 0 unspecified atom stereocenters. The number of anilines is 1. The number of carbonyl (C=O) groups is 4. The van der Waals surface area contributed by atoms with Crippen molar-refractivity contribution in [2.24, 2.45) is 5.92 Å². The second-order valence-corrected chi connectivity index (χ2v) is 16.4. The van der Waals surface area contributed by atoms with Gasteiger partial charge in [0.2, 0.25) is 17.7 Å². The van der Waals surface area contributed by atoms with Crippen molar-refractivity contribution >= 4 is 29.5 Å². The number of hydrogen-bond donors (Lipinski definition) is 5. The monoisotopic (exact) mass is 983 g/mol. The van der Waals surface area contributed by atoms with Crippen LogP contribution >= 0.6 is 0 Å². The fourth-order valence-corrected chi connectivity index (χ4v) is 6.99. The molecule has 0 aromatic heterocycles. The third kappa shape index (κ3) is 22.8. The van der Waals surface area contributed by atoms with Gasteiger partial charge in [-0.05, 0) is 52.8 Å². The summed E-state index contributed by atoms with van der Waals surface area (Å²) in [7, 11) is 0. The standard InChI is InChI=1S/C51H74N4O15/c1-38(2)48(50(59)53-39(3)49(58)54-41-14-12-40(36-56)13-15-41)55-47(57)16-18-61-20-22-63-24-26-65-28-30-67-32-34-69-35-33-68-31-29-66-27-25-64-23-21-62-19-17-52-51(60)70-37-46-44-10-6-4-8-42(44)43-9-5-7-11-45(43)46/h4-15,38-39,46,48,56H,16-37H2,1-3H3,(H,52,60)(H,53,59)(H,54,58)(H,55,57)/t39-,48-/m0/s1. The molecule has 0 spiro atoms. The maximum Gasteiger partial charge on any atom is 0.407 e. The molecule has 0 aliphatic heterocycles. The van der Waals surface area contributed by atoms with E-state index in [2.05, 4.69) is 45.5 Å². The molecule has 3 aromatic rings. The fourth-order valence-electron chi connectivity index (χ4n) is 6.99. The van der Waals surface area contributed by atoms with E-state index in [-0.39, 0.29) is 44.0 Å². The van der Waals surface area contributed by atoms with E-state index in [1.807, 2.05) is 24.3 Å². The molecule has 0 fully saturated rings. The average molecular weight is 983 g/mol. The SMILES string of the molecule is CC(C)[C@H](NC(=O)CCOCCOCCOCCOCCOCCOCCOCCOCCOCCNC(=O)OCC1c2ccccc2-c2ccccc21)C(=O)N[C@@H](C)C(=O)Nc1ccc(CO)cc1. The van der Waals surface area contributed by atoms with E-state index in [9.17, 15) is 24.3 Å². The summed E-state index contributed by atoms with van der Waals surface area (Å²) < 4.78 is 55.2. The van der Waals surface area contributed by atoms with E-state index in [0.29, 0.717) is 130 Å². The summed E-state index contributed by atoms with van der Waals surface area (Å²) in [4.78, 5) is 50.3. The van der Waals surface area contributed by atoms with Gasteiger partial charge in [-0.25, -0.2) is 4.79 Å². The van der Waals surface area contributed by atoms with Crippen molar-refractivity contribution in [3.8, 4) is 11.1 Å². The van der Waals surface area contributed by atoms with Crippen molar-refractivity contribution in [3.05, 3.63) is 89.5 Å². The van der Waals surface area contributed by atoms with Crippen molar-refractivity contribution in [3.63, 3.8) is 0 Å². The predicted molar refractivity (Wildman–Crippen MR) is 260 cm³/mol. The second kappa shape index (κ2) is 35.1. The van der Waals surface area contributed by atoms with Crippen LogP contribution in [0.15, 0.2) is 72.8 Å².